The van der Waals surface area contributed by atoms with Gasteiger partial charge in [-0.15, -0.1) is 6.58 Å². The Morgan fingerprint density at radius 1 is 1.00 bits per heavy atom. The fourth-order valence-corrected chi connectivity index (χ4v) is 2.42. The Bertz CT molecular complexity index is 148. The van der Waals surface area contributed by atoms with E-state index < -0.39 is 0 Å². The van der Waals surface area contributed by atoms with E-state index in [1.165, 1.54) is 38.5 Å². The summed E-state index contributed by atoms with van der Waals surface area (Å²) in [6.07, 6.45) is 11.0. The first-order valence-electron chi connectivity index (χ1n) is 7.14. The average Bonchev–Trinajstić information content (AvgIpc) is 2.29. The van der Waals surface area contributed by atoms with E-state index in [0.717, 1.165) is 18.9 Å². The van der Waals surface area contributed by atoms with E-state index in [4.69, 9.17) is 0 Å². The predicted molar refractivity (Wildman–Crippen MR) is 74.8 cm³/mol. The average molecular weight is 225 g/mol. The van der Waals surface area contributed by atoms with Crippen molar-refractivity contribution in [3.05, 3.63) is 12.7 Å². The topological polar surface area (TPSA) is 12.0 Å². The van der Waals surface area contributed by atoms with Crippen LogP contribution in [0.5, 0.6) is 0 Å². The highest BCUT2D eigenvalue weighted by Crippen LogP contribution is 2.21. The van der Waals surface area contributed by atoms with Gasteiger partial charge in [0.2, 0.25) is 0 Å². The highest BCUT2D eigenvalue weighted by molar-refractivity contribution is 4.79. The van der Waals surface area contributed by atoms with Gasteiger partial charge >= 0.3 is 0 Å². The SMILES string of the molecule is C=CCCC(NCCC)C(CCC)CCC. The minimum Gasteiger partial charge on any atom is -0.314 e. The van der Waals surface area contributed by atoms with Gasteiger partial charge in [-0.25, -0.2) is 0 Å². The maximum atomic E-state index is 3.84. The summed E-state index contributed by atoms with van der Waals surface area (Å²) in [5.41, 5.74) is 0. The van der Waals surface area contributed by atoms with Crippen molar-refractivity contribution in [2.45, 2.75) is 71.8 Å². The standard InChI is InChI=1S/C15H31N/c1-5-9-12-15(16-13-8-4)14(10-6-2)11-7-3/h5,14-16H,1,6-13H2,2-4H3. The molecule has 0 heterocycles. The van der Waals surface area contributed by atoms with Gasteiger partial charge in [0.25, 0.3) is 0 Å². The van der Waals surface area contributed by atoms with Crippen molar-refractivity contribution in [2.75, 3.05) is 6.54 Å². The van der Waals surface area contributed by atoms with E-state index in [1.54, 1.807) is 0 Å². The molecule has 1 nitrogen and oxygen atoms in total. The lowest BCUT2D eigenvalue weighted by Gasteiger charge is -2.27. The Morgan fingerprint density at radius 2 is 1.62 bits per heavy atom. The molecule has 0 aliphatic carbocycles. The summed E-state index contributed by atoms with van der Waals surface area (Å²) in [5.74, 6) is 0.862. The minimum atomic E-state index is 0.706. The molecule has 1 N–H and O–H groups in total. The van der Waals surface area contributed by atoms with Crippen molar-refractivity contribution in [3.8, 4) is 0 Å². The maximum absolute atomic E-state index is 3.84. The first kappa shape index (κ1) is 15.7. The zero-order chi connectivity index (χ0) is 12.2. The molecule has 1 atom stereocenters. The summed E-state index contributed by atoms with van der Waals surface area (Å²) in [6, 6.07) is 0.706. The molecule has 0 spiro atoms. The van der Waals surface area contributed by atoms with Gasteiger partial charge < -0.3 is 5.32 Å². The smallest absolute Gasteiger partial charge is 0.00982 e. The molecule has 0 bridgehead atoms. The molecule has 0 saturated carbocycles. The lowest BCUT2D eigenvalue weighted by Crippen LogP contribution is -2.36. The molecule has 0 rings (SSSR count). The van der Waals surface area contributed by atoms with Gasteiger partial charge in [-0.2, -0.15) is 0 Å². The number of hydrogen-bond acceptors (Lipinski definition) is 1. The molecule has 0 radical (unpaired) electrons. The summed E-state index contributed by atoms with van der Waals surface area (Å²) in [4.78, 5) is 0. The third kappa shape index (κ3) is 7.05. The lowest BCUT2D eigenvalue weighted by atomic mass is 9.87. The van der Waals surface area contributed by atoms with Crippen LogP contribution in [0.15, 0.2) is 12.7 Å². The second-order valence-corrected chi connectivity index (χ2v) is 4.76. The van der Waals surface area contributed by atoms with E-state index in [0.29, 0.717) is 6.04 Å². The summed E-state index contributed by atoms with van der Waals surface area (Å²) in [6.45, 7) is 11.8. The van der Waals surface area contributed by atoms with Crippen LogP contribution in [0.4, 0.5) is 0 Å². The van der Waals surface area contributed by atoms with Crippen molar-refractivity contribution in [2.24, 2.45) is 5.92 Å². The Hall–Kier alpha value is -0.300. The Balaban J connectivity index is 4.20. The van der Waals surface area contributed by atoms with E-state index in [1.807, 2.05) is 0 Å². The molecular formula is C15H31N. The van der Waals surface area contributed by atoms with E-state index in [2.05, 4.69) is 38.7 Å². The van der Waals surface area contributed by atoms with Gasteiger partial charge in [-0.05, 0) is 44.6 Å². The molecule has 0 amide bonds. The summed E-state index contributed by atoms with van der Waals surface area (Å²) >= 11 is 0. The van der Waals surface area contributed by atoms with Crippen molar-refractivity contribution in [1.29, 1.82) is 0 Å². The van der Waals surface area contributed by atoms with Gasteiger partial charge in [-0.1, -0.05) is 39.7 Å². The van der Waals surface area contributed by atoms with Gasteiger partial charge in [0.05, 0.1) is 0 Å². The van der Waals surface area contributed by atoms with Crippen LogP contribution in [0.25, 0.3) is 0 Å². The van der Waals surface area contributed by atoms with Crippen LogP contribution in [0.2, 0.25) is 0 Å². The van der Waals surface area contributed by atoms with Crippen LogP contribution in [-0.4, -0.2) is 12.6 Å². The Kier molecular flexibility index (Phi) is 11.0. The second kappa shape index (κ2) is 11.2. The molecule has 0 aliphatic heterocycles. The molecule has 0 aliphatic rings. The minimum absolute atomic E-state index is 0.706. The summed E-state index contributed by atoms with van der Waals surface area (Å²) in [7, 11) is 0. The van der Waals surface area contributed by atoms with Crippen LogP contribution in [-0.2, 0) is 0 Å². The highest BCUT2D eigenvalue weighted by Gasteiger charge is 2.18. The second-order valence-electron chi connectivity index (χ2n) is 4.76. The van der Waals surface area contributed by atoms with Crippen molar-refractivity contribution >= 4 is 0 Å². The largest absolute Gasteiger partial charge is 0.314 e. The molecule has 1 unspecified atom stereocenters. The quantitative estimate of drug-likeness (QED) is 0.509. The number of allylic oxidation sites excluding steroid dienone is 1. The Morgan fingerprint density at radius 3 is 2.06 bits per heavy atom. The first-order valence-corrected chi connectivity index (χ1v) is 7.14. The monoisotopic (exact) mass is 225 g/mol. The van der Waals surface area contributed by atoms with Gasteiger partial charge in [0, 0.05) is 6.04 Å². The van der Waals surface area contributed by atoms with Gasteiger partial charge in [-0.3, -0.25) is 0 Å². The number of hydrogen-bond donors (Lipinski definition) is 1. The zero-order valence-electron chi connectivity index (χ0n) is 11.6. The fraction of sp³-hybridized carbons (Fsp3) is 0.867. The predicted octanol–water partition coefficient (Wildman–Crippen LogP) is 4.54. The highest BCUT2D eigenvalue weighted by atomic mass is 14.9. The van der Waals surface area contributed by atoms with Crippen molar-refractivity contribution < 1.29 is 0 Å². The molecule has 0 saturated heterocycles. The van der Waals surface area contributed by atoms with E-state index in [9.17, 15) is 0 Å². The van der Waals surface area contributed by atoms with Gasteiger partial charge in [0.15, 0.2) is 0 Å². The maximum Gasteiger partial charge on any atom is 0.00982 e. The molecular weight excluding hydrogens is 194 g/mol. The van der Waals surface area contributed by atoms with E-state index in [-0.39, 0.29) is 0 Å². The van der Waals surface area contributed by atoms with Crippen LogP contribution < -0.4 is 5.32 Å². The molecule has 96 valence electrons. The molecule has 0 aromatic rings. The normalized spacial score (nSPS) is 13.0. The molecule has 16 heavy (non-hydrogen) atoms. The summed E-state index contributed by atoms with van der Waals surface area (Å²) in [5, 5.41) is 3.73. The van der Waals surface area contributed by atoms with Crippen LogP contribution in [0.3, 0.4) is 0 Å². The first-order chi connectivity index (χ1) is 7.79. The van der Waals surface area contributed by atoms with Crippen LogP contribution in [0, 0.1) is 5.92 Å². The number of rotatable bonds is 11. The Labute approximate surface area is 103 Å². The van der Waals surface area contributed by atoms with Crippen molar-refractivity contribution in [1.82, 2.24) is 5.32 Å². The molecule has 0 aromatic carbocycles. The summed E-state index contributed by atoms with van der Waals surface area (Å²) < 4.78 is 0. The van der Waals surface area contributed by atoms with Crippen molar-refractivity contribution in [3.63, 3.8) is 0 Å². The van der Waals surface area contributed by atoms with Crippen LogP contribution >= 0.6 is 0 Å². The molecule has 1 heteroatoms. The lowest BCUT2D eigenvalue weighted by molar-refractivity contribution is 0.298. The van der Waals surface area contributed by atoms with Gasteiger partial charge in [0.1, 0.15) is 0 Å². The molecule has 0 aromatic heterocycles. The third-order valence-corrected chi connectivity index (χ3v) is 3.23. The molecule has 0 fully saturated rings. The van der Waals surface area contributed by atoms with E-state index >= 15 is 0 Å². The zero-order valence-corrected chi connectivity index (χ0v) is 11.6. The third-order valence-electron chi connectivity index (χ3n) is 3.23. The van der Waals surface area contributed by atoms with Crippen LogP contribution in [0.1, 0.15) is 65.7 Å². The fourth-order valence-electron chi connectivity index (χ4n) is 2.42. The number of nitrogens with one attached hydrogen (secondary N) is 1.